The third-order valence-corrected chi connectivity index (χ3v) is 1.50. The van der Waals surface area contributed by atoms with Crippen LogP contribution < -0.4 is 0 Å². The summed E-state index contributed by atoms with van der Waals surface area (Å²) >= 11 is 4.96. The van der Waals surface area contributed by atoms with Crippen molar-refractivity contribution in [3.05, 3.63) is 0 Å². The van der Waals surface area contributed by atoms with Crippen LogP contribution in [0.15, 0.2) is 0 Å². The summed E-state index contributed by atoms with van der Waals surface area (Å²) in [5, 5.41) is 0. The van der Waals surface area contributed by atoms with Gasteiger partial charge in [0.1, 0.15) is 0 Å². The molecule has 1 aliphatic rings. The zero-order chi connectivity index (χ0) is 6.95. The van der Waals surface area contributed by atoms with E-state index in [1.807, 2.05) is 0 Å². The molecule has 0 radical (unpaired) electrons. The molecule has 1 saturated carbocycles. The van der Waals surface area contributed by atoms with Crippen molar-refractivity contribution in [2.75, 3.05) is 0 Å². The number of hydrogen-bond acceptors (Lipinski definition) is 0. The summed E-state index contributed by atoms with van der Waals surface area (Å²) in [6, 6.07) is 0. The van der Waals surface area contributed by atoms with Crippen LogP contribution >= 0.6 is 36.3 Å². The summed E-state index contributed by atoms with van der Waals surface area (Å²) in [4.78, 5) is 0. The van der Waals surface area contributed by atoms with Crippen molar-refractivity contribution >= 4 is 36.3 Å². The molecule has 9 heavy (non-hydrogen) atoms. The van der Waals surface area contributed by atoms with Crippen molar-refractivity contribution in [2.45, 2.75) is 38.5 Å². The van der Waals surface area contributed by atoms with Gasteiger partial charge in [-0.25, -0.2) is 0 Å². The van der Waals surface area contributed by atoms with Gasteiger partial charge in [-0.2, -0.15) is 0 Å². The van der Waals surface area contributed by atoms with Crippen LogP contribution in [0, 0.1) is 0 Å². The van der Waals surface area contributed by atoms with Gasteiger partial charge in [0.2, 0.25) is 0 Å². The monoisotopic (exact) mass is 518 g/mol. The fourth-order valence-corrected chi connectivity index (χ4v) is 1.06. The van der Waals surface area contributed by atoms with Gasteiger partial charge < -0.3 is 0 Å². The molecule has 1 rings (SSSR count). The van der Waals surface area contributed by atoms with E-state index in [0.29, 0.717) is 0 Å². The first kappa shape index (κ1) is 11.3. The SMILES string of the molecule is C1CCCCC1.[I][Hf][I]. The van der Waals surface area contributed by atoms with E-state index < -0.39 is 0 Å². The molecule has 3 heteroatoms. The molecule has 0 aliphatic heterocycles. The topological polar surface area (TPSA) is 0 Å². The Bertz CT molecular complexity index is 34.8. The molecular weight excluding hydrogens is 504 g/mol. The molecule has 0 unspecified atom stereocenters. The van der Waals surface area contributed by atoms with Gasteiger partial charge in [-0.3, -0.25) is 0 Å². The van der Waals surface area contributed by atoms with Gasteiger partial charge in [0.25, 0.3) is 0 Å². The molecule has 0 N–H and O–H groups in total. The Morgan fingerprint density at radius 3 is 0.889 bits per heavy atom. The van der Waals surface area contributed by atoms with Crippen LogP contribution in [-0.4, -0.2) is 0 Å². The van der Waals surface area contributed by atoms with Crippen LogP contribution in [0.2, 0.25) is 0 Å². The van der Waals surface area contributed by atoms with Crippen LogP contribution in [0.4, 0.5) is 0 Å². The Hall–Kier alpha value is 2.33. The standard InChI is InChI=1S/C6H12.Hf.2HI/c1-2-4-6-5-3-1;;;/h1-6H2;;2*1H/q;+2;;/p-2. The Morgan fingerprint density at radius 1 is 0.667 bits per heavy atom. The average molecular weight is 516 g/mol. The quantitative estimate of drug-likeness (QED) is 0.336. The van der Waals surface area contributed by atoms with E-state index in [4.69, 9.17) is 0 Å². The molecule has 1 aliphatic carbocycles. The molecule has 0 aromatic rings. The van der Waals surface area contributed by atoms with Gasteiger partial charge in [-0.15, -0.1) is 0 Å². The maximum atomic E-state index is 2.47. The minimum absolute atomic E-state index is 0.0233. The second-order valence-electron chi connectivity index (χ2n) is 2.19. The molecule has 54 valence electrons. The van der Waals surface area contributed by atoms with Gasteiger partial charge in [0.15, 0.2) is 0 Å². The van der Waals surface area contributed by atoms with Gasteiger partial charge >= 0.3 is 50.9 Å². The molecule has 0 aromatic heterocycles. The first-order valence-electron chi connectivity index (χ1n) is 3.38. The fourth-order valence-electron chi connectivity index (χ4n) is 1.06. The minimum atomic E-state index is 0.0233. The zero-order valence-electron chi connectivity index (χ0n) is 5.50. The van der Waals surface area contributed by atoms with E-state index in [1.165, 1.54) is 38.5 Å². The van der Waals surface area contributed by atoms with Gasteiger partial charge in [0.05, 0.1) is 0 Å². The first-order valence-corrected chi connectivity index (χ1v) is 23.8. The second kappa shape index (κ2) is 10.3. The van der Waals surface area contributed by atoms with Crippen molar-refractivity contribution < 1.29 is 14.6 Å². The van der Waals surface area contributed by atoms with Crippen molar-refractivity contribution in [3.63, 3.8) is 0 Å². The summed E-state index contributed by atoms with van der Waals surface area (Å²) in [5.41, 5.74) is 0. The molecule has 0 nitrogen and oxygen atoms in total. The van der Waals surface area contributed by atoms with Gasteiger partial charge in [-0.1, -0.05) is 38.5 Å². The average Bonchev–Trinajstić information content (AvgIpc) is 1.93. The summed E-state index contributed by atoms with van der Waals surface area (Å²) in [6.45, 7) is 0. The van der Waals surface area contributed by atoms with Crippen molar-refractivity contribution in [2.24, 2.45) is 0 Å². The van der Waals surface area contributed by atoms with E-state index in [1.54, 1.807) is 0 Å². The molecule has 0 saturated heterocycles. The van der Waals surface area contributed by atoms with E-state index >= 15 is 0 Å². The Morgan fingerprint density at radius 2 is 0.778 bits per heavy atom. The molecular formula is C6H12HfI2. The predicted molar refractivity (Wildman–Crippen MR) is 55.7 cm³/mol. The molecule has 0 bridgehead atoms. The number of halogens is 2. The van der Waals surface area contributed by atoms with Crippen LogP contribution in [0.3, 0.4) is 0 Å². The second-order valence-corrected chi connectivity index (χ2v) is 28.4. The van der Waals surface area contributed by atoms with E-state index in [-0.39, 0.29) is 14.6 Å². The molecule has 1 fully saturated rings. The van der Waals surface area contributed by atoms with Crippen molar-refractivity contribution in [3.8, 4) is 0 Å². The van der Waals surface area contributed by atoms with Crippen LogP contribution in [0.1, 0.15) is 38.5 Å². The fraction of sp³-hybridized carbons (Fsp3) is 1.00. The van der Waals surface area contributed by atoms with Crippen LogP contribution in [0.5, 0.6) is 0 Å². The Labute approximate surface area is 87.8 Å². The molecule has 0 spiro atoms. The maximum absolute atomic E-state index is 2.47. The summed E-state index contributed by atoms with van der Waals surface area (Å²) < 4.78 is 0. The van der Waals surface area contributed by atoms with E-state index in [0.717, 1.165) is 0 Å². The Balaban J connectivity index is 0.000000187. The van der Waals surface area contributed by atoms with Gasteiger partial charge in [-0.05, 0) is 0 Å². The van der Waals surface area contributed by atoms with Crippen LogP contribution in [-0.2, 0) is 14.6 Å². The molecule has 0 heterocycles. The van der Waals surface area contributed by atoms with Crippen molar-refractivity contribution in [1.29, 1.82) is 0 Å². The number of rotatable bonds is 0. The summed E-state index contributed by atoms with van der Waals surface area (Å²) in [5.74, 6) is 0. The van der Waals surface area contributed by atoms with Crippen molar-refractivity contribution in [1.82, 2.24) is 0 Å². The van der Waals surface area contributed by atoms with E-state index in [9.17, 15) is 0 Å². The zero-order valence-corrected chi connectivity index (χ0v) is 13.4. The molecule has 0 aromatic carbocycles. The Kier molecular flexibility index (Phi) is 13.0. The number of hydrogen-bond donors (Lipinski definition) is 0. The van der Waals surface area contributed by atoms with Crippen LogP contribution in [0.25, 0.3) is 0 Å². The van der Waals surface area contributed by atoms with Gasteiger partial charge in [0, 0.05) is 0 Å². The third-order valence-electron chi connectivity index (χ3n) is 1.50. The first-order chi connectivity index (χ1) is 4.41. The van der Waals surface area contributed by atoms with E-state index in [2.05, 4.69) is 36.3 Å². The third kappa shape index (κ3) is 10.3. The summed E-state index contributed by atoms with van der Waals surface area (Å²) in [6.07, 6.45) is 9.00. The predicted octanol–water partition coefficient (Wildman–Crippen LogP) is 4.11. The normalized spacial score (nSPS) is 17.6. The summed E-state index contributed by atoms with van der Waals surface area (Å²) in [7, 11) is 0. The molecule has 0 amide bonds. The molecule has 0 atom stereocenters.